The highest BCUT2D eigenvalue weighted by atomic mass is 16.5. The molecule has 0 unspecified atom stereocenters. The second-order valence-electron chi connectivity index (χ2n) is 4.52. The van der Waals surface area contributed by atoms with Gasteiger partial charge in [0.25, 0.3) is 5.91 Å². The number of benzene rings is 1. The largest absolute Gasteiger partial charge is 0.497 e. The second-order valence-corrected chi connectivity index (χ2v) is 4.52. The van der Waals surface area contributed by atoms with Gasteiger partial charge in [0, 0.05) is 18.9 Å². The van der Waals surface area contributed by atoms with E-state index in [0.29, 0.717) is 17.6 Å². The molecule has 0 aliphatic rings. The second kappa shape index (κ2) is 5.62. The molecule has 0 atom stereocenters. The fourth-order valence-electron chi connectivity index (χ4n) is 2.04. The lowest BCUT2D eigenvalue weighted by molar-refractivity contribution is 0.0947. The van der Waals surface area contributed by atoms with Crippen molar-refractivity contribution in [3.05, 3.63) is 54.0 Å². The van der Waals surface area contributed by atoms with E-state index in [1.807, 2.05) is 24.3 Å². The molecule has 21 heavy (non-hydrogen) atoms. The first-order valence-corrected chi connectivity index (χ1v) is 6.47. The van der Waals surface area contributed by atoms with Crippen LogP contribution < -0.4 is 10.1 Å². The Morgan fingerprint density at radius 3 is 2.86 bits per heavy atom. The van der Waals surface area contributed by atoms with Crippen LogP contribution >= 0.6 is 0 Å². The maximum atomic E-state index is 12.2. The van der Waals surface area contributed by atoms with Gasteiger partial charge in [0.05, 0.1) is 18.0 Å². The fraction of sp³-hybridized carbons (Fsp3) is 0.133. The molecule has 2 N–H and O–H groups in total. The molecule has 0 saturated carbocycles. The molecular weight excluding hydrogens is 268 g/mol. The van der Waals surface area contributed by atoms with Crippen molar-refractivity contribution in [1.29, 1.82) is 0 Å². The van der Waals surface area contributed by atoms with Gasteiger partial charge in [-0.3, -0.25) is 14.9 Å². The van der Waals surface area contributed by atoms with E-state index in [1.54, 1.807) is 25.6 Å². The van der Waals surface area contributed by atoms with E-state index in [0.717, 1.165) is 16.8 Å². The summed E-state index contributed by atoms with van der Waals surface area (Å²) in [4.78, 5) is 16.2. The van der Waals surface area contributed by atoms with E-state index in [9.17, 15) is 4.79 Å². The molecular formula is C15H14N4O2. The zero-order chi connectivity index (χ0) is 14.7. The van der Waals surface area contributed by atoms with Crippen molar-refractivity contribution in [2.75, 3.05) is 7.11 Å². The van der Waals surface area contributed by atoms with Crippen molar-refractivity contribution in [1.82, 2.24) is 20.5 Å². The van der Waals surface area contributed by atoms with Crippen molar-refractivity contribution >= 4 is 16.8 Å². The standard InChI is InChI=1S/C15H14N4O2/c1-21-11-4-2-10(3-5-11)8-17-15(20)14-12-9-16-7-6-13(12)18-19-14/h2-7,9H,8H2,1H3,(H,17,20)(H,18,19). The van der Waals surface area contributed by atoms with Crippen LogP contribution in [0.3, 0.4) is 0 Å². The molecule has 6 nitrogen and oxygen atoms in total. The zero-order valence-corrected chi connectivity index (χ0v) is 11.5. The molecule has 6 heteroatoms. The fourth-order valence-corrected chi connectivity index (χ4v) is 2.04. The molecule has 0 bridgehead atoms. The van der Waals surface area contributed by atoms with Crippen LogP contribution in [-0.4, -0.2) is 28.2 Å². The van der Waals surface area contributed by atoms with Gasteiger partial charge in [-0.15, -0.1) is 0 Å². The average molecular weight is 282 g/mol. The van der Waals surface area contributed by atoms with Crippen molar-refractivity contribution in [2.24, 2.45) is 0 Å². The molecule has 0 aliphatic heterocycles. The van der Waals surface area contributed by atoms with Crippen LogP contribution in [0.15, 0.2) is 42.7 Å². The quantitative estimate of drug-likeness (QED) is 0.766. The van der Waals surface area contributed by atoms with Crippen molar-refractivity contribution in [3.63, 3.8) is 0 Å². The Hall–Kier alpha value is -2.89. The molecule has 0 spiro atoms. The summed E-state index contributed by atoms with van der Waals surface area (Å²) in [5, 5.41) is 10.4. The molecule has 1 amide bonds. The van der Waals surface area contributed by atoms with Crippen LogP contribution in [0.2, 0.25) is 0 Å². The van der Waals surface area contributed by atoms with E-state index >= 15 is 0 Å². The number of amides is 1. The molecule has 2 aromatic heterocycles. The zero-order valence-electron chi connectivity index (χ0n) is 11.5. The van der Waals surface area contributed by atoms with Gasteiger partial charge in [-0.25, -0.2) is 0 Å². The van der Waals surface area contributed by atoms with Gasteiger partial charge in [0.1, 0.15) is 5.75 Å². The summed E-state index contributed by atoms with van der Waals surface area (Å²) in [6.07, 6.45) is 3.28. The van der Waals surface area contributed by atoms with E-state index in [2.05, 4.69) is 20.5 Å². The van der Waals surface area contributed by atoms with Gasteiger partial charge in [0.15, 0.2) is 5.69 Å². The number of aromatic amines is 1. The highest BCUT2D eigenvalue weighted by molar-refractivity contribution is 6.04. The maximum absolute atomic E-state index is 12.2. The Kier molecular flexibility index (Phi) is 3.51. The predicted molar refractivity (Wildman–Crippen MR) is 78.1 cm³/mol. The number of hydrogen-bond acceptors (Lipinski definition) is 4. The van der Waals surface area contributed by atoms with Crippen LogP contribution in [0.4, 0.5) is 0 Å². The Labute approximate surface area is 121 Å². The van der Waals surface area contributed by atoms with Gasteiger partial charge in [0.2, 0.25) is 0 Å². The Morgan fingerprint density at radius 1 is 1.29 bits per heavy atom. The smallest absolute Gasteiger partial charge is 0.272 e. The molecule has 0 fully saturated rings. The number of ether oxygens (including phenoxy) is 1. The monoisotopic (exact) mass is 282 g/mol. The summed E-state index contributed by atoms with van der Waals surface area (Å²) in [5.74, 6) is 0.555. The number of nitrogens with one attached hydrogen (secondary N) is 2. The van der Waals surface area contributed by atoms with Gasteiger partial charge in [-0.1, -0.05) is 12.1 Å². The number of methoxy groups -OCH3 is 1. The van der Waals surface area contributed by atoms with Crippen LogP contribution in [-0.2, 0) is 6.54 Å². The van der Waals surface area contributed by atoms with Crippen molar-refractivity contribution in [3.8, 4) is 5.75 Å². The Bertz CT molecular complexity index is 765. The van der Waals surface area contributed by atoms with Crippen LogP contribution in [0, 0.1) is 0 Å². The van der Waals surface area contributed by atoms with E-state index in [4.69, 9.17) is 4.74 Å². The molecule has 0 aliphatic carbocycles. The lowest BCUT2D eigenvalue weighted by Crippen LogP contribution is -2.23. The van der Waals surface area contributed by atoms with Crippen LogP contribution in [0.1, 0.15) is 16.1 Å². The van der Waals surface area contributed by atoms with Gasteiger partial charge in [-0.2, -0.15) is 5.10 Å². The molecule has 106 valence electrons. The first kappa shape index (κ1) is 13.1. The first-order chi connectivity index (χ1) is 10.3. The van der Waals surface area contributed by atoms with E-state index in [-0.39, 0.29) is 5.91 Å². The summed E-state index contributed by atoms with van der Waals surface area (Å²) in [5.41, 5.74) is 2.13. The SMILES string of the molecule is COc1ccc(CNC(=O)c2n[nH]c3ccncc23)cc1. The minimum atomic E-state index is -0.231. The number of carbonyl (C=O) groups is 1. The minimum Gasteiger partial charge on any atom is -0.497 e. The third kappa shape index (κ3) is 2.69. The highest BCUT2D eigenvalue weighted by Gasteiger charge is 2.13. The summed E-state index contributed by atoms with van der Waals surface area (Å²) in [7, 11) is 1.62. The van der Waals surface area contributed by atoms with Crippen LogP contribution in [0.5, 0.6) is 5.75 Å². The first-order valence-electron chi connectivity index (χ1n) is 6.47. The third-order valence-electron chi connectivity index (χ3n) is 3.19. The summed E-state index contributed by atoms with van der Waals surface area (Å²) in [6.45, 7) is 0.428. The molecule has 3 aromatic rings. The number of pyridine rings is 1. The van der Waals surface area contributed by atoms with Gasteiger partial charge in [-0.05, 0) is 23.8 Å². The molecule has 1 aromatic carbocycles. The molecule has 3 rings (SSSR count). The number of rotatable bonds is 4. The number of fused-ring (bicyclic) bond motifs is 1. The number of aromatic nitrogens is 3. The van der Waals surface area contributed by atoms with Gasteiger partial charge < -0.3 is 10.1 Å². The highest BCUT2D eigenvalue weighted by Crippen LogP contribution is 2.14. The summed E-state index contributed by atoms with van der Waals surface area (Å²) >= 11 is 0. The summed E-state index contributed by atoms with van der Waals surface area (Å²) in [6, 6.07) is 9.31. The Morgan fingerprint density at radius 2 is 2.10 bits per heavy atom. The van der Waals surface area contributed by atoms with Gasteiger partial charge >= 0.3 is 0 Å². The molecule has 2 heterocycles. The maximum Gasteiger partial charge on any atom is 0.272 e. The van der Waals surface area contributed by atoms with E-state index in [1.165, 1.54) is 0 Å². The van der Waals surface area contributed by atoms with Crippen molar-refractivity contribution in [2.45, 2.75) is 6.54 Å². The summed E-state index contributed by atoms with van der Waals surface area (Å²) < 4.78 is 5.09. The average Bonchev–Trinajstić information content (AvgIpc) is 2.97. The lowest BCUT2D eigenvalue weighted by atomic mass is 10.2. The number of H-pyrrole nitrogens is 1. The lowest BCUT2D eigenvalue weighted by Gasteiger charge is -2.05. The number of carbonyl (C=O) groups excluding carboxylic acids is 1. The van der Waals surface area contributed by atoms with Crippen LogP contribution in [0.25, 0.3) is 10.9 Å². The van der Waals surface area contributed by atoms with E-state index < -0.39 is 0 Å². The molecule has 0 saturated heterocycles. The number of nitrogens with zero attached hydrogens (tertiary/aromatic N) is 2. The van der Waals surface area contributed by atoms with Crippen molar-refractivity contribution < 1.29 is 9.53 Å². The third-order valence-corrected chi connectivity index (χ3v) is 3.19. The molecule has 0 radical (unpaired) electrons. The Balaban J connectivity index is 1.71. The normalized spacial score (nSPS) is 10.5. The number of hydrogen-bond donors (Lipinski definition) is 2. The topological polar surface area (TPSA) is 79.9 Å². The predicted octanol–water partition coefficient (Wildman–Crippen LogP) is 1.90. The minimum absolute atomic E-state index is 0.231.